The Labute approximate surface area is 155 Å². The minimum Gasteiger partial charge on any atom is -0.494 e. The van der Waals surface area contributed by atoms with Crippen LogP contribution < -0.4 is 4.74 Å². The van der Waals surface area contributed by atoms with Gasteiger partial charge in [-0.2, -0.15) is 12.6 Å². The molecule has 0 radical (unpaired) electrons. The summed E-state index contributed by atoms with van der Waals surface area (Å²) in [6, 6.07) is 8.29. The molecule has 24 heavy (non-hydrogen) atoms. The lowest BCUT2D eigenvalue weighted by atomic mass is 10.2. The van der Waals surface area contributed by atoms with Crippen LogP contribution in [0.15, 0.2) is 24.3 Å². The van der Waals surface area contributed by atoms with Crippen molar-refractivity contribution in [2.75, 3.05) is 19.0 Å². The fourth-order valence-electron chi connectivity index (χ4n) is 2.29. The van der Waals surface area contributed by atoms with Crippen LogP contribution >= 0.6 is 12.6 Å². The Bertz CT molecular complexity index is 345. The molecule has 0 aliphatic rings. The SMILES string of the molecule is CCCCCCCS.CCc1ccc(OCCCCCCO)cc1. The number of hydrogen-bond acceptors (Lipinski definition) is 3. The predicted molar refractivity (Wildman–Crippen MR) is 109 cm³/mol. The number of benzene rings is 1. The van der Waals surface area contributed by atoms with E-state index in [1.807, 2.05) is 12.1 Å². The molecule has 0 aliphatic heterocycles. The van der Waals surface area contributed by atoms with E-state index in [4.69, 9.17) is 9.84 Å². The highest BCUT2D eigenvalue weighted by atomic mass is 32.1. The highest BCUT2D eigenvalue weighted by Crippen LogP contribution is 2.13. The molecule has 0 aromatic heterocycles. The van der Waals surface area contributed by atoms with Crippen molar-refractivity contribution in [1.29, 1.82) is 0 Å². The number of rotatable bonds is 13. The maximum absolute atomic E-state index is 8.62. The first-order chi connectivity index (χ1) is 11.8. The van der Waals surface area contributed by atoms with Crippen LogP contribution in [-0.4, -0.2) is 24.1 Å². The van der Waals surface area contributed by atoms with Gasteiger partial charge in [-0.3, -0.25) is 0 Å². The van der Waals surface area contributed by atoms with Crippen molar-refractivity contribution in [3.63, 3.8) is 0 Å². The lowest BCUT2D eigenvalue weighted by Gasteiger charge is -2.06. The van der Waals surface area contributed by atoms with Gasteiger partial charge in [0, 0.05) is 6.61 Å². The summed E-state index contributed by atoms with van der Waals surface area (Å²) in [4.78, 5) is 0. The van der Waals surface area contributed by atoms with Gasteiger partial charge >= 0.3 is 0 Å². The molecule has 1 N–H and O–H groups in total. The Morgan fingerprint density at radius 3 is 2.04 bits per heavy atom. The van der Waals surface area contributed by atoms with Crippen molar-refractivity contribution in [1.82, 2.24) is 0 Å². The number of aliphatic hydroxyl groups excluding tert-OH is 1. The Kier molecular flexibility index (Phi) is 18.1. The van der Waals surface area contributed by atoms with Gasteiger partial charge in [-0.1, -0.05) is 58.1 Å². The van der Waals surface area contributed by atoms with Gasteiger partial charge < -0.3 is 9.84 Å². The minimum absolute atomic E-state index is 0.305. The number of thiol groups is 1. The van der Waals surface area contributed by atoms with Crippen molar-refractivity contribution in [3.05, 3.63) is 29.8 Å². The van der Waals surface area contributed by atoms with E-state index in [9.17, 15) is 0 Å². The quantitative estimate of drug-likeness (QED) is 0.333. The number of ether oxygens (including phenoxy) is 1. The molecule has 0 saturated carbocycles. The molecule has 1 rings (SSSR count). The first-order valence-corrected chi connectivity index (χ1v) is 10.3. The van der Waals surface area contributed by atoms with E-state index in [-0.39, 0.29) is 0 Å². The van der Waals surface area contributed by atoms with Crippen LogP contribution in [0.3, 0.4) is 0 Å². The minimum atomic E-state index is 0.305. The van der Waals surface area contributed by atoms with E-state index >= 15 is 0 Å². The topological polar surface area (TPSA) is 29.5 Å². The average Bonchev–Trinajstić information content (AvgIpc) is 2.63. The van der Waals surface area contributed by atoms with Gasteiger partial charge in [-0.15, -0.1) is 0 Å². The third-order valence-electron chi connectivity index (χ3n) is 3.91. The first-order valence-electron chi connectivity index (χ1n) is 9.71. The predicted octanol–water partition coefficient (Wildman–Crippen LogP) is 6.07. The van der Waals surface area contributed by atoms with Crippen LogP contribution in [0.25, 0.3) is 0 Å². The van der Waals surface area contributed by atoms with Crippen LogP contribution in [0.4, 0.5) is 0 Å². The molecule has 0 bridgehead atoms. The highest BCUT2D eigenvalue weighted by Gasteiger charge is 1.94. The molecule has 0 heterocycles. The van der Waals surface area contributed by atoms with E-state index in [0.717, 1.165) is 50.2 Å². The maximum atomic E-state index is 8.62. The molecule has 0 atom stereocenters. The number of unbranched alkanes of at least 4 members (excludes halogenated alkanes) is 7. The molecule has 1 aromatic carbocycles. The molecule has 0 spiro atoms. The second-order valence-electron chi connectivity index (χ2n) is 6.12. The summed E-state index contributed by atoms with van der Waals surface area (Å²) in [5, 5.41) is 8.62. The monoisotopic (exact) mass is 354 g/mol. The van der Waals surface area contributed by atoms with Crippen molar-refractivity contribution in [2.45, 2.75) is 78.1 Å². The maximum Gasteiger partial charge on any atom is 0.119 e. The molecule has 0 unspecified atom stereocenters. The summed E-state index contributed by atoms with van der Waals surface area (Å²) in [7, 11) is 0. The van der Waals surface area contributed by atoms with E-state index in [1.54, 1.807) is 0 Å². The van der Waals surface area contributed by atoms with Gasteiger partial charge in [0.15, 0.2) is 0 Å². The normalized spacial score (nSPS) is 10.2. The molecular formula is C21H38O2S. The third-order valence-corrected chi connectivity index (χ3v) is 4.23. The summed E-state index contributed by atoms with van der Waals surface area (Å²) in [6.45, 7) is 5.47. The molecule has 1 aromatic rings. The second kappa shape index (κ2) is 18.7. The van der Waals surface area contributed by atoms with Crippen molar-refractivity contribution >= 4 is 12.6 Å². The summed E-state index contributed by atoms with van der Waals surface area (Å²) < 4.78 is 5.62. The first kappa shape index (κ1) is 23.3. The van der Waals surface area contributed by atoms with Crippen molar-refractivity contribution < 1.29 is 9.84 Å². The fraction of sp³-hybridized carbons (Fsp3) is 0.714. The van der Waals surface area contributed by atoms with Gasteiger partial charge in [0.05, 0.1) is 6.61 Å². The van der Waals surface area contributed by atoms with E-state index in [2.05, 4.69) is 38.6 Å². The molecule has 0 aliphatic carbocycles. The van der Waals surface area contributed by atoms with Crippen LogP contribution in [0.5, 0.6) is 5.75 Å². The number of aliphatic hydroxyl groups is 1. The zero-order chi connectivity index (χ0) is 17.9. The number of hydrogen-bond donors (Lipinski definition) is 2. The summed E-state index contributed by atoms with van der Waals surface area (Å²) in [5.41, 5.74) is 1.34. The third kappa shape index (κ3) is 14.9. The highest BCUT2D eigenvalue weighted by molar-refractivity contribution is 7.80. The van der Waals surface area contributed by atoms with Crippen LogP contribution in [0, 0.1) is 0 Å². The lowest BCUT2D eigenvalue weighted by Crippen LogP contribution is -1.97. The molecular weight excluding hydrogens is 316 g/mol. The molecule has 3 heteroatoms. The smallest absolute Gasteiger partial charge is 0.119 e. The lowest BCUT2D eigenvalue weighted by molar-refractivity contribution is 0.273. The largest absolute Gasteiger partial charge is 0.494 e. The Hall–Kier alpha value is -0.670. The zero-order valence-electron chi connectivity index (χ0n) is 15.8. The Morgan fingerprint density at radius 1 is 0.833 bits per heavy atom. The summed E-state index contributed by atoms with van der Waals surface area (Å²) in [6.07, 6.45) is 12.1. The Balaban J connectivity index is 0.000000561. The van der Waals surface area contributed by atoms with E-state index in [1.165, 1.54) is 37.7 Å². The van der Waals surface area contributed by atoms with Gasteiger partial charge in [-0.25, -0.2) is 0 Å². The summed E-state index contributed by atoms with van der Waals surface area (Å²) >= 11 is 4.12. The van der Waals surface area contributed by atoms with Crippen molar-refractivity contribution in [2.24, 2.45) is 0 Å². The molecule has 0 amide bonds. The Morgan fingerprint density at radius 2 is 1.46 bits per heavy atom. The van der Waals surface area contributed by atoms with Gasteiger partial charge in [0.1, 0.15) is 5.75 Å². The second-order valence-corrected chi connectivity index (χ2v) is 6.57. The van der Waals surface area contributed by atoms with E-state index < -0.39 is 0 Å². The van der Waals surface area contributed by atoms with Crippen LogP contribution in [-0.2, 0) is 6.42 Å². The molecule has 2 nitrogen and oxygen atoms in total. The van der Waals surface area contributed by atoms with Crippen LogP contribution in [0.2, 0.25) is 0 Å². The van der Waals surface area contributed by atoms with Gasteiger partial charge in [0.25, 0.3) is 0 Å². The summed E-state index contributed by atoms with van der Waals surface area (Å²) in [5.74, 6) is 2.02. The standard InChI is InChI=1S/C14H22O2.C7H16S/c1-2-13-7-9-14(10-8-13)16-12-6-4-3-5-11-15;1-2-3-4-5-6-7-8/h7-10,15H,2-6,11-12H2,1H3;8H,2-7H2,1H3. The van der Waals surface area contributed by atoms with Gasteiger partial charge in [-0.05, 0) is 55.6 Å². The average molecular weight is 355 g/mol. The van der Waals surface area contributed by atoms with E-state index in [0.29, 0.717) is 6.61 Å². The van der Waals surface area contributed by atoms with Crippen molar-refractivity contribution in [3.8, 4) is 5.75 Å². The molecule has 140 valence electrons. The number of aryl methyl sites for hydroxylation is 1. The van der Waals surface area contributed by atoms with Crippen LogP contribution in [0.1, 0.15) is 77.2 Å². The molecule has 0 saturated heterocycles. The molecule has 0 fully saturated rings. The zero-order valence-corrected chi connectivity index (χ0v) is 16.7. The van der Waals surface area contributed by atoms with Gasteiger partial charge in [0.2, 0.25) is 0 Å². The fourth-order valence-corrected chi connectivity index (χ4v) is 2.52.